The smallest absolute Gasteiger partial charge is 0.210 e. The fourth-order valence-corrected chi connectivity index (χ4v) is 5.82. The van der Waals surface area contributed by atoms with E-state index in [1.54, 1.807) is 0 Å². The van der Waals surface area contributed by atoms with E-state index in [0.29, 0.717) is 0 Å². The summed E-state index contributed by atoms with van der Waals surface area (Å²) < 4.78 is 9.37. The summed E-state index contributed by atoms with van der Waals surface area (Å²) >= 11 is 0. The Hall–Kier alpha value is -2.88. The van der Waals surface area contributed by atoms with Crippen LogP contribution in [0.2, 0.25) is 0 Å². The first-order valence-corrected chi connectivity index (χ1v) is 11.0. The molecule has 3 aromatic carbocycles. The fourth-order valence-electron chi connectivity index (χ4n) is 5.82. The van der Waals surface area contributed by atoms with Crippen LogP contribution in [-0.4, -0.2) is 19.6 Å². The third-order valence-corrected chi connectivity index (χ3v) is 7.04. The number of rotatable bonds is 0. The van der Waals surface area contributed by atoms with E-state index in [1.165, 1.54) is 64.4 Å². The van der Waals surface area contributed by atoms with Gasteiger partial charge in [0.05, 0.1) is 5.56 Å². The van der Waals surface area contributed by atoms with Crippen molar-refractivity contribution in [2.24, 2.45) is 4.99 Å². The summed E-state index contributed by atoms with van der Waals surface area (Å²) in [5, 5.41) is 8.58. The number of ether oxygens (including phenoxy) is 1. The number of hydrogen-bond donors (Lipinski definition) is 1. The second-order valence-corrected chi connectivity index (χ2v) is 8.73. The van der Waals surface area contributed by atoms with Crippen molar-refractivity contribution in [3.8, 4) is 11.5 Å². The number of nitrogens with one attached hydrogen (secondary N) is 1. The predicted molar refractivity (Wildman–Crippen MR) is 115 cm³/mol. The Morgan fingerprint density at radius 2 is 1.72 bits per heavy atom. The Bertz CT molecular complexity index is 1330. The molecule has 4 aliphatic heterocycles. The average molecular weight is 382 g/mol. The van der Waals surface area contributed by atoms with Crippen molar-refractivity contribution in [1.82, 2.24) is 4.58 Å². The van der Waals surface area contributed by atoms with Gasteiger partial charge < -0.3 is 10.1 Å². The predicted octanol–water partition coefficient (Wildman–Crippen LogP) is 3.64. The van der Waals surface area contributed by atoms with Crippen molar-refractivity contribution in [1.29, 1.82) is 0 Å². The molecule has 0 saturated heterocycles. The maximum atomic E-state index is 6.79. The lowest BCUT2D eigenvalue weighted by atomic mass is 9.92. The van der Waals surface area contributed by atoms with Gasteiger partial charge in [-0.05, 0) is 31.7 Å². The molecule has 3 aromatic rings. The first kappa shape index (κ1) is 16.0. The number of anilines is 1. The summed E-state index contributed by atoms with van der Waals surface area (Å²) in [4.78, 5) is 5.24. The van der Waals surface area contributed by atoms with E-state index in [9.17, 15) is 0 Å². The van der Waals surface area contributed by atoms with Crippen molar-refractivity contribution in [3.05, 3.63) is 57.7 Å². The number of benzene rings is 3. The first-order chi connectivity index (χ1) is 14.4. The lowest BCUT2D eigenvalue weighted by Crippen LogP contribution is -2.45. The van der Waals surface area contributed by atoms with Crippen LogP contribution < -0.4 is 25.3 Å². The molecule has 29 heavy (non-hydrogen) atoms. The van der Waals surface area contributed by atoms with Crippen LogP contribution in [-0.2, 0) is 19.3 Å². The lowest BCUT2D eigenvalue weighted by Gasteiger charge is -2.28. The summed E-state index contributed by atoms with van der Waals surface area (Å²) in [6, 6.07) is 10.9. The van der Waals surface area contributed by atoms with Gasteiger partial charge >= 0.3 is 0 Å². The molecule has 0 radical (unpaired) electrons. The molecule has 7 rings (SSSR count). The fraction of sp³-hybridized carbons (Fsp3) is 0.360. The van der Waals surface area contributed by atoms with Gasteiger partial charge in [0.2, 0.25) is 5.36 Å². The van der Waals surface area contributed by atoms with Gasteiger partial charge in [-0.15, -0.1) is 0 Å². The molecule has 0 aliphatic carbocycles. The Balaban J connectivity index is 1.60. The van der Waals surface area contributed by atoms with Crippen molar-refractivity contribution in [3.63, 3.8) is 0 Å². The topological polar surface area (TPSA) is 36.6 Å². The second kappa shape index (κ2) is 5.82. The minimum Gasteiger partial charge on any atom is -0.452 e. The molecule has 144 valence electrons. The van der Waals surface area contributed by atoms with E-state index in [-0.39, 0.29) is 0 Å². The normalized spacial score (nSPS) is 18.6. The van der Waals surface area contributed by atoms with Crippen molar-refractivity contribution in [2.45, 2.75) is 38.5 Å². The Labute approximate surface area is 169 Å². The summed E-state index contributed by atoms with van der Waals surface area (Å²) in [6.07, 6.45) is 6.89. The van der Waals surface area contributed by atoms with Crippen LogP contribution in [0.3, 0.4) is 0 Å². The van der Waals surface area contributed by atoms with Gasteiger partial charge in [-0.2, -0.15) is 0 Å². The van der Waals surface area contributed by atoms with Gasteiger partial charge in [0, 0.05) is 47.0 Å². The quantitative estimate of drug-likeness (QED) is 0.472. The van der Waals surface area contributed by atoms with E-state index >= 15 is 0 Å². The Morgan fingerprint density at radius 3 is 2.66 bits per heavy atom. The van der Waals surface area contributed by atoms with Gasteiger partial charge in [0.1, 0.15) is 24.1 Å². The minimum atomic E-state index is 0.988. The molecule has 0 aromatic heterocycles. The lowest BCUT2D eigenvalue weighted by molar-refractivity contribution is 0.432. The molecule has 0 spiro atoms. The molecule has 0 atom stereocenters. The third-order valence-electron chi connectivity index (χ3n) is 7.04. The van der Waals surface area contributed by atoms with E-state index < -0.39 is 0 Å². The highest BCUT2D eigenvalue weighted by atomic mass is 16.5. The monoisotopic (exact) mass is 382 g/mol. The van der Waals surface area contributed by atoms with Crippen LogP contribution in [0, 0.1) is 0 Å². The van der Waals surface area contributed by atoms with Gasteiger partial charge in [-0.25, -0.2) is 9.57 Å². The Morgan fingerprint density at radius 1 is 0.897 bits per heavy atom. The second-order valence-electron chi connectivity index (χ2n) is 8.73. The highest BCUT2D eigenvalue weighted by molar-refractivity contribution is 6.06. The van der Waals surface area contributed by atoms with Crippen molar-refractivity contribution < 1.29 is 4.74 Å². The highest BCUT2D eigenvalue weighted by Crippen LogP contribution is 2.49. The molecule has 1 N–H and O–H groups in total. The minimum absolute atomic E-state index is 0.988. The molecule has 4 nitrogen and oxygen atoms in total. The van der Waals surface area contributed by atoms with Gasteiger partial charge in [0.25, 0.3) is 0 Å². The zero-order chi connectivity index (χ0) is 18.9. The first-order valence-electron chi connectivity index (χ1n) is 11.0. The van der Waals surface area contributed by atoms with Crippen LogP contribution >= 0.6 is 0 Å². The van der Waals surface area contributed by atoms with Crippen LogP contribution in [0.5, 0.6) is 11.5 Å². The zero-order valence-electron chi connectivity index (χ0n) is 16.6. The molecule has 0 unspecified atom stereocenters. The van der Waals surface area contributed by atoms with Gasteiger partial charge in [-0.1, -0.05) is 24.3 Å². The highest BCUT2D eigenvalue weighted by Gasteiger charge is 2.31. The number of hydrogen-bond acceptors (Lipinski definition) is 3. The Kier molecular flexibility index (Phi) is 3.20. The molecular weight excluding hydrogens is 358 g/mol. The molecule has 0 saturated carbocycles. The molecule has 4 aliphatic rings. The van der Waals surface area contributed by atoms with Gasteiger partial charge in [-0.3, -0.25) is 0 Å². The number of fused-ring (bicyclic) bond motifs is 8. The standard InChI is InChI=1S/C25H23N3O/c1-2-8-17-16(7-1)21-18(9-3-11-26-21)25-22(17)27-20-14-15-6-4-12-28-13-5-10-19(23(15)28)24(20)29-25/h1-2,7-8,14H,3-6,9-13H2/p+1. The molecule has 0 fully saturated rings. The SMILES string of the molecule is c1ccc2c3c(c4c(c2c1)N=c1cc2c5c(c1O4)CCC[N+]=5CCC2)CCCN3. The average Bonchev–Trinajstić information content (AvgIpc) is 2.79. The zero-order valence-corrected chi connectivity index (χ0v) is 16.6. The molecule has 0 amide bonds. The van der Waals surface area contributed by atoms with Crippen LogP contribution in [0.25, 0.3) is 10.8 Å². The third kappa shape index (κ3) is 2.14. The van der Waals surface area contributed by atoms with Crippen LogP contribution in [0.15, 0.2) is 35.3 Å². The van der Waals surface area contributed by atoms with E-state index in [4.69, 9.17) is 9.73 Å². The summed E-state index contributed by atoms with van der Waals surface area (Å²) in [5.74, 6) is 2.01. The maximum Gasteiger partial charge on any atom is 0.210 e. The summed E-state index contributed by atoms with van der Waals surface area (Å²) in [5.41, 5.74) is 6.42. The molecule has 4 heterocycles. The summed E-state index contributed by atoms with van der Waals surface area (Å²) in [6.45, 7) is 3.38. The molecule has 4 heteroatoms. The van der Waals surface area contributed by atoms with Crippen molar-refractivity contribution in [2.75, 3.05) is 25.0 Å². The number of aryl methyl sites for hydroxylation is 1. The molecule has 0 bridgehead atoms. The maximum absolute atomic E-state index is 6.79. The van der Waals surface area contributed by atoms with Crippen LogP contribution in [0.4, 0.5) is 11.4 Å². The van der Waals surface area contributed by atoms with E-state index in [2.05, 4.69) is 40.2 Å². The largest absolute Gasteiger partial charge is 0.452 e. The van der Waals surface area contributed by atoms with E-state index in [0.717, 1.165) is 54.8 Å². The van der Waals surface area contributed by atoms with Crippen LogP contribution in [0.1, 0.15) is 36.0 Å². The summed E-state index contributed by atoms with van der Waals surface area (Å²) in [7, 11) is 0. The van der Waals surface area contributed by atoms with E-state index in [1.807, 2.05) is 0 Å². The van der Waals surface area contributed by atoms with Crippen molar-refractivity contribution >= 4 is 22.1 Å². The molecular formula is C25H24N3O+. The van der Waals surface area contributed by atoms with Gasteiger partial charge in [0.15, 0.2) is 11.5 Å². The number of nitrogens with zero attached hydrogens (tertiary/aromatic N) is 2.